The van der Waals surface area contributed by atoms with Crippen molar-refractivity contribution in [2.24, 2.45) is 0 Å². The highest BCUT2D eigenvalue weighted by molar-refractivity contribution is 7.89. The molecule has 1 fully saturated rings. The van der Waals surface area contributed by atoms with Crippen molar-refractivity contribution in [2.75, 3.05) is 26.3 Å². The number of thiophene rings is 1. The molecule has 7 nitrogen and oxygen atoms in total. The van der Waals surface area contributed by atoms with Crippen LogP contribution in [0.1, 0.15) is 39.5 Å². The van der Waals surface area contributed by atoms with Crippen LogP contribution in [-0.4, -0.2) is 44.9 Å². The van der Waals surface area contributed by atoms with Crippen LogP contribution in [0.15, 0.2) is 63.4 Å². The molecule has 0 spiro atoms. The van der Waals surface area contributed by atoms with Gasteiger partial charge in [0.1, 0.15) is 0 Å². The number of nitrogens with zero attached hydrogens (tertiary/aromatic N) is 1. The summed E-state index contributed by atoms with van der Waals surface area (Å²) < 4.78 is 37.5. The standard InChI is InChI=1S/C22H24N2O5S2/c1-2-16-5-7-17(8-6-16)21(19-4-3-15-30-19)23-22(25)18-9-10-20(29-18)31(26,27)24-11-13-28-14-12-24/h3-10,15,21H,2,11-14H2,1H3,(H,23,25). The number of hydrogen-bond acceptors (Lipinski definition) is 6. The fraction of sp³-hybridized carbons (Fsp3) is 0.318. The van der Waals surface area contributed by atoms with Gasteiger partial charge in [-0.2, -0.15) is 4.31 Å². The van der Waals surface area contributed by atoms with Crippen LogP contribution in [0.2, 0.25) is 0 Å². The van der Waals surface area contributed by atoms with E-state index in [0.29, 0.717) is 13.2 Å². The van der Waals surface area contributed by atoms with E-state index in [1.165, 1.54) is 22.0 Å². The molecule has 3 heterocycles. The number of sulfonamides is 1. The number of hydrogen-bond donors (Lipinski definition) is 1. The second-order valence-corrected chi connectivity index (χ2v) is 10.0. The summed E-state index contributed by atoms with van der Waals surface area (Å²) in [5.41, 5.74) is 2.16. The lowest BCUT2D eigenvalue weighted by Gasteiger charge is -2.24. The van der Waals surface area contributed by atoms with E-state index in [1.54, 1.807) is 11.3 Å². The first-order chi connectivity index (χ1) is 15.0. The Labute approximate surface area is 185 Å². The highest BCUT2D eigenvalue weighted by atomic mass is 32.2. The van der Waals surface area contributed by atoms with Crippen LogP contribution in [0.25, 0.3) is 0 Å². The molecular weight excluding hydrogens is 436 g/mol. The molecule has 1 N–H and O–H groups in total. The Bertz CT molecular complexity index is 1120. The lowest BCUT2D eigenvalue weighted by molar-refractivity contribution is 0.0722. The van der Waals surface area contributed by atoms with E-state index >= 15 is 0 Å². The molecule has 1 aliphatic heterocycles. The molecule has 0 radical (unpaired) electrons. The molecule has 1 atom stereocenters. The maximum absolute atomic E-state index is 12.9. The summed E-state index contributed by atoms with van der Waals surface area (Å²) >= 11 is 1.54. The molecule has 4 rings (SSSR count). The largest absolute Gasteiger partial charge is 0.438 e. The number of morpholine rings is 1. The van der Waals surface area contributed by atoms with Gasteiger partial charge in [-0.3, -0.25) is 4.79 Å². The van der Waals surface area contributed by atoms with Crippen LogP contribution in [0.3, 0.4) is 0 Å². The Balaban J connectivity index is 1.55. The molecule has 1 amide bonds. The van der Waals surface area contributed by atoms with Gasteiger partial charge in [0.25, 0.3) is 15.9 Å². The predicted octanol–water partition coefficient (Wildman–Crippen LogP) is 3.44. The third kappa shape index (κ3) is 4.74. The minimum atomic E-state index is -3.80. The fourth-order valence-corrected chi connectivity index (χ4v) is 5.54. The van der Waals surface area contributed by atoms with Crippen LogP contribution in [-0.2, 0) is 21.2 Å². The molecule has 0 aliphatic carbocycles. The third-order valence-electron chi connectivity index (χ3n) is 5.19. The zero-order chi connectivity index (χ0) is 21.8. The van der Waals surface area contributed by atoms with Crippen molar-refractivity contribution in [3.8, 4) is 0 Å². The quantitative estimate of drug-likeness (QED) is 0.583. The van der Waals surface area contributed by atoms with Gasteiger partial charge < -0.3 is 14.5 Å². The molecular formula is C22H24N2O5S2. The number of amides is 1. The average molecular weight is 461 g/mol. The van der Waals surface area contributed by atoms with Gasteiger partial charge >= 0.3 is 0 Å². The molecule has 31 heavy (non-hydrogen) atoms. The Morgan fingerprint density at radius 2 is 1.87 bits per heavy atom. The van der Waals surface area contributed by atoms with Gasteiger partial charge in [-0.25, -0.2) is 8.42 Å². The zero-order valence-electron chi connectivity index (χ0n) is 17.1. The number of nitrogens with one attached hydrogen (secondary N) is 1. The topological polar surface area (TPSA) is 88.9 Å². The summed E-state index contributed by atoms with van der Waals surface area (Å²) in [4.78, 5) is 13.9. The van der Waals surface area contributed by atoms with E-state index in [1.807, 2.05) is 41.8 Å². The van der Waals surface area contributed by atoms with E-state index in [0.717, 1.165) is 16.9 Å². The predicted molar refractivity (Wildman–Crippen MR) is 118 cm³/mol. The van der Waals surface area contributed by atoms with Gasteiger partial charge in [-0.05, 0) is 41.1 Å². The molecule has 0 saturated carbocycles. The van der Waals surface area contributed by atoms with E-state index in [2.05, 4.69) is 12.2 Å². The third-order valence-corrected chi connectivity index (χ3v) is 7.90. The number of ether oxygens (including phenoxy) is 1. The van der Waals surface area contributed by atoms with Gasteiger partial charge in [-0.15, -0.1) is 11.3 Å². The van der Waals surface area contributed by atoms with Crippen molar-refractivity contribution in [3.63, 3.8) is 0 Å². The SMILES string of the molecule is CCc1ccc(C(NC(=O)c2ccc(S(=O)(=O)N3CCOCC3)o2)c2cccs2)cc1. The normalized spacial score (nSPS) is 16.2. The van der Waals surface area contributed by atoms with Gasteiger partial charge in [0.05, 0.1) is 19.3 Å². The summed E-state index contributed by atoms with van der Waals surface area (Å²) in [6.45, 7) is 3.30. The second-order valence-electron chi connectivity index (χ2n) is 7.15. The first-order valence-electron chi connectivity index (χ1n) is 10.1. The zero-order valence-corrected chi connectivity index (χ0v) is 18.7. The molecule has 1 saturated heterocycles. The monoisotopic (exact) mass is 460 g/mol. The Kier molecular flexibility index (Phi) is 6.57. The second kappa shape index (κ2) is 9.35. The van der Waals surface area contributed by atoms with Crippen molar-refractivity contribution >= 4 is 27.3 Å². The smallest absolute Gasteiger partial charge is 0.287 e. The molecule has 3 aromatic rings. The molecule has 1 aromatic carbocycles. The fourth-order valence-electron chi connectivity index (χ4n) is 3.42. The van der Waals surface area contributed by atoms with Crippen LogP contribution in [0.4, 0.5) is 0 Å². The summed E-state index contributed by atoms with van der Waals surface area (Å²) in [5, 5.41) is 4.70. The van der Waals surface area contributed by atoms with Crippen molar-refractivity contribution in [2.45, 2.75) is 24.5 Å². The Morgan fingerprint density at radius 3 is 2.52 bits per heavy atom. The number of benzene rings is 1. The summed E-state index contributed by atoms with van der Waals surface area (Å²) in [6.07, 6.45) is 0.934. The number of rotatable bonds is 7. The van der Waals surface area contributed by atoms with Crippen molar-refractivity contribution in [3.05, 3.63) is 75.7 Å². The summed E-state index contributed by atoms with van der Waals surface area (Å²) in [7, 11) is -3.80. The highest BCUT2D eigenvalue weighted by Gasteiger charge is 2.30. The highest BCUT2D eigenvalue weighted by Crippen LogP contribution is 2.27. The molecule has 164 valence electrons. The minimum absolute atomic E-state index is 0.0430. The van der Waals surface area contributed by atoms with E-state index in [4.69, 9.17) is 9.15 Å². The number of aryl methyl sites for hydroxylation is 1. The average Bonchev–Trinajstić information content (AvgIpc) is 3.51. The summed E-state index contributed by atoms with van der Waals surface area (Å²) in [5.74, 6) is -0.514. The van der Waals surface area contributed by atoms with E-state index in [-0.39, 0.29) is 30.0 Å². The maximum Gasteiger partial charge on any atom is 0.287 e. The molecule has 0 bridgehead atoms. The first kappa shape index (κ1) is 21.8. The van der Waals surface area contributed by atoms with Gasteiger partial charge in [-0.1, -0.05) is 37.3 Å². The number of furan rings is 1. The lowest BCUT2D eigenvalue weighted by atomic mass is 10.0. The van der Waals surface area contributed by atoms with Gasteiger partial charge in [0, 0.05) is 18.0 Å². The molecule has 9 heteroatoms. The molecule has 1 aliphatic rings. The van der Waals surface area contributed by atoms with Crippen molar-refractivity contribution in [1.29, 1.82) is 0 Å². The number of carbonyl (C=O) groups is 1. The number of carbonyl (C=O) groups excluding carboxylic acids is 1. The van der Waals surface area contributed by atoms with E-state index in [9.17, 15) is 13.2 Å². The Morgan fingerprint density at radius 1 is 1.13 bits per heavy atom. The van der Waals surface area contributed by atoms with E-state index < -0.39 is 15.9 Å². The van der Waals surface area contributed by atoms with Crippen LogP contribution >= 0.6 is 11.3 Å². The summed E-state index contributed by atoms with van der Waals surface area (Å²) in [6, 6.07) is 14.3. The van der Waals surface area contributed by atoms with Gasteiger partial charge in [0.15, 0.2) is 5.76 Å². The van der Waals surface area contributed by atoms with Crippen LogP contribution in [0, 0.1) is 0 Å². The lowest BCUT2D eigenvalue weighted by Crippen LogP contribution is -2.40. The van der Waals surface area contributed by atoms with Crippen LogP contribution in [0.5, 0.6) is 0 Å². The van der Waals surface area contributed by atoms with Gasteiger partial charge in [0.2, 0.25) is 5.09 Å². The maximum atomic E-state index is 12.9. The van der Waals surface area contributed by atoms with Crippen LogP contribution < -0.4 is 5.32 Å². The molecule has 2 aromatic heterocycles. The Hall–Kier alpha value is -2.46. The van der Waals surface area contributed by atoms with Crippen molar-refractivity contribution < 1.29 is 22.4 Å². The molecule has 1 unspecified atom stereocenters. The first-order valence-corrected chi connectivity index (χ1v) is 12.4. The van der Waals surface area contributed by atoms with Crippen molar-refractivity contribution in [1.82, 2.24) is 9.62 Å². The minimum Gasteiger partial charge on any atom is -0.438 e.